The first-order chi connectivity index (χ1) is 18.1. The van der Waals surface area contributed by atoms with Crippen LogP contribution in [0.3, 0.4) is 0 Å². The topological polar surface area (TPSA) is 82.7 Å². The minimum atomic E-state index is -0.277. The van der Waals surface area contributed by atoms with Gasteiger partial charge in [0.2, 0.25) is 0 Å². The number of nitrogens with one attached hydrogen (secondary N) is 1. The van der Waals surface area contributed by atoms with E-state index >= 15 is 0 Å². The van der Waals surface area contributed by atoms with Gasteiger partial charge in [-0.3, -0.25) is 4.79 Å². The Kier molecular flexibility index (Phi) is 7.40. The maximum absolute atomic E-state index is 12.7. The molecule has 0 radical (unpaired) electrons. The van der Waals surface area contributed by atoms with Crippen LogP contribution in [0.2, 0.25) is 0 Å². The second-order valence-corrected chi connectivity index (χ2v) is 8.94. The van der Waals surface area contributed by atoms with Crippen molar-refractivity contribution in [1.29, 1.82) is 0 Å². The Morgan fingerprint density at radius 1 is 0.946 bits per heavy atom. The molecule has 1 aromatic heterocycles. The summed E-state index contributed by atoms with van der Waals surface area (Å²) in [7, 11) is 3.21. The Labute approximate surface area is 216 Å². The van der Waals surface area contributed by atoms with Crippen molar-refractivity contribution in [3.63, 3.8) is 0 Å². The third-order valence-corrected chi connectivity index (χ3v) is 6.60. The van der Waals surface area contributed by atoms with Crippen LogP contribution in [0.15, 0.2) is 73.1 Å². The number of carbonyl (C=O) groups excluding carboxylic acids is 1. The number of carbonyl (C=O) groups is 1. The Morgan fingerprint density at radius 2 is 1.70 bits per heavy atom. The van der Waals surface area contributed by atoms with Gasteiger partial charge in [-0.15, -0.1) is 0 Å². The molecule has 7 heteroatoms. The first kappa shape index (κ1) is 24.4. The molecule has 1 atom stereocenters. The van der Waals surface area contributed by atoms with Crippen molar-refractivity contribution in [3.05, 3.63) is 101 Å². The van der Waals surface area contributed by atoms with Gasteiger partial charge in [-0.25, -0.2) is 4.98 Å². The van der Waals surface area contributed by atoms with Crippen LogP contribution in [0.5, 0.6) is 23.0 Å². The molecule has 1 aliphatic rings. The number of rotatable bonds is 10. The maximum atomic E-state index is 12.7. The van der Waals surface area contributed by atoms with Crippen LogP contribution in [-0.4, -0.2) is 30.0 Å². The highest BCUT2D eigenvalue weighted by Gasteiger charge is 2.25. The predicted octanol–water partition coefficient (Wildman–Crippen LogP) is 5.89. The second kappa shape index (κ2) is 11.2. The van der Waals surface area contributed by atoms with Crippen LogP contribution < -0.4 is 18.9 Å². The van der Waals surface area contributed by atoms with Crippen LogP contribution in [-0.2, 0) is 19.4 Å². The Hall–Kier alpha value is -4.26. The molecule has 0 saturated carbocycles. The number of aromatic amines is 1. The largest absolute Gasteiger partial charge is 0.496 e. The normalized spacial score (nSPS) is 13.5. The van der Waals surface area contributed by atoms with Gasteiger partial charge in [0.1, 0.15) is 41.5 Å². The molecule has 3 aromatic carbocycles. The number of H-pyrrole nitrogens is 1. The summed E-state index contributed by atoms with van der Waals surface area (Å²) in [5.41, 5.74) is 3.67. The molecule has 0 spiro atoms. The molecule has 37 heavy (non-hydrogen) atoms. The molecule has 0 aliphatic heterocycles. The van der Waals surface area contributed by atoms with Crippen LogP contribution in [0, 0.1) is 0 Å². The molecule has 7 nitrogen and oxygen atoms in total. The number of Topliss-reactive ketones (excluding diaryl/α,β-unsaturated/α-hetero) is 1. The number of fused-ring (bicyclic) bond motifs is 1. The van der Waals surface area contributed by atoms with E-state index in [1.54, 1.807) is 26.5 Å². The van der Waals surface area contributed by atoms with Crippen molar-refractivity contribution in [3.8, 4) is 23.0 Å². The predicted molar refractivity (Wildman–Crippen MR) is 140 cm³/mol. The van der Waals surface area contributed by atoms with E-state index in [0.29, 0.717) is 35.8 Å². The summed E-state index contributed by atoms with van der Waals surface area (Å²) in [4.78, 5) is 20.3. The summed E-state index contributed by atoms with van der Waals surface area (Å²) < 4.78 is 23.7. The van der Waals surface area contributed by atoms with Crippen LogP contribution in [0.1, 0.15) is 51.8 Å². The Morgan fingerprint density at radius 3 is 2.41 bits per heavy atom. The molecule has 0 unspecified atom stereocenters. The van der Waals surface area contributed by atoms with E-state index in [4.69, 9.17) is 18.9 Å². The molecule has 0 fully saturated rings. The summed E-state index contributed by atoms with van der Waals surface area (Å²) in [6.45, 7) is 0.240. The molecular weight excluding hydrogens is 468 g/mol. The van der Waals surface area contributed by atoms with E-state index in [0.717, 1.165) is 40.9 Å². The Balaban J connectivity index is 1.50. The zero-order valence-electron chi connectivity index (χ0n) is 21.0. The fourth-order valence-electron chi connectivity index (χ4n) is 4.70. The van der Waals surface area contributed by atoms with Crippen molar-refractivity contribution in [2.75, 3.05) is 14.2 Å². The standard InChI is InChI=1S/C30H30N2O5/c1-34-21-15-22(35-2)17-23(16-21)36-19-26-24-9-6-10-27(33)25(24)11-12-28(26)37-29(18-30-31-13-14-32-30)20-7-4-3-5-8-20/h3-5,7-8,11-17,29H,6,9-10,18-19H2,1-2H3,(H,31,32)/t29-/m0/s1. The van der Waals surface area contributed by atoms with Gasteiger partial charge in [-0.2, -0.15) is 0 Å². The zero-order valence-corrected chi connectivity index (χ0v) is 21.0. The summed E-state index contributed by atoms with van der Waals surface area (Å²) in [6.07, 6.45) is 6.01. The van der Waals surface area contributed by atoms with Gasteiger partial charge in [-0.05, 0) is 36.1 Å². The molecule has 1 N–H and O–H groups in total. The fourth-order valence-corrected chi connectivity index (χ4v) is 4.70. The smallest absolute Gasteiger partial charge is 0.163 e. The number of nitrogens with zero attached hydrogens (tertiary/aromatic N) is 1. The highest BCUT2D eigenvalue weighted by Crippen LogP contribution is 2.36. The number of ketones is 1. The number of hydrogen-bond acceptors (Lipinski definition) is 6. The minimum Gasteiger partial charge on any atom is -0.496 e. The lowest BCUT2D eigenvalue weighted by atomic mass is 9.87. The van der Waals surface area contributed by atoms with Gasteiger partial charge >= 0.3 is 0 Å². The molecule has 4 aromatic rings. The lowest BCUT2D eigenvalue weighted by molar-refractivity contribution is 0.0971. The highest BCUT2D eigenvalue weighted by atomic mass is 16.5. The second-order valence-electron chi connectivity index (χ2n) is 8.94. The summed E-state index contributed by atoms with van der Waals surface area (Å²) >= 11 is 0. The summed E-state index contributed by atoms with van der Waals surface area (Å²) in [5, 5.41) is 0. The molecular formula is C30H30N2O5. The van der Waals surface area contributed by atoms with Crippen molar-refractivity contribution in [1.82, 2.24) is 9.97 Å². The molecule has 1 aliphatic carbocycles. The van der Waals surface area contributed by atoms with E-state index in [1.807, 2.05) is 60.8 Å². The maximum Gasteiger partial charge on any atom is 0.163 e. The van der Waals surface area contributed by atoms with Gasteiger partial charge in [0.05, 0.1) is 14.2 Å². The van der Waals surface area contributed by atoms with E-state index in [2.05, 4.69) is 9.97 Å². The van der Waals surface area contributed by atoms with Crippen molar-refractivity contribution in [2.24, 2.45) is 0 Å². The number of methoxy groups -OCH3 is 2. The van der Waals surface area contributed by atoms with Crippen molar-refractivity contribution in [2.45, 2.75) is 38.4 Å². The summed E-state index contributed by atoms with van der Waals surface area (Å²) in [5.74, 6) is 3.58. The lowest BCUT2D eigenvalue weighted by Gasteiger charge is -2.25. The van der Waals surface area contributed by atoms with E-state index < -0.39 is 0 Å². The molecule has 1 heterocycles. The van der Waals surface area contributed by atoms with Gasteiger partial charge in [0, 0.05) is 54.6 Å². The number of imidazole rings is 1. The number of benzene rings is 3. The van der Waals surface area contributed by atoms with Gasteiger partial charge in [0.15, 0.2) is 5.78 Å². The third-order valence-electron chi connectivity index (χ3n) is 6.60. The first-order valence-electron chi connectivity index (χ1n) is 12.4. The monoisotopic (exact) mass is 498 g/mol. The van der Waals surface area contributed by atoms with E-state index in [9.17, 15) is 4.79 Å². The third kappa shape index (κ3) is 5.61. The summed E-state index contributed by atoms with van der Waals surface area (Å²) in [6, 6.07) is 19.3. The van der Waals surface area contributed by atoms with Crippen LogP contribution >= 0.6 is 0 Å². The highest BCUT2D eigenvalue weighted by molar-refractivity contribution is 5.99. The van der Waals surface area contributed by atoms with E-state index in [-0.39, 0.29) is 18.5 Å². The number of ether oxygens (including phenoxy) is 4. The number of hydrogen-bond donors (Lipinski definition) is 1. The Bertz CT molecular complexity index is 1330. The minimum absolute atomic E-state index is 0.160. The molecule has 0 amide bonds. The van der Waals surface area contributed by atoms with Gasteiger partial charge in [-0.1, -0.05) is 30.3 Å². The van der Waals surface area contributed by atoms with Gasteiger partial charge < -0.3 is 23.9 Å². The van der Waals surface area contributed by atoms with Crippen LogP contribution in [0.4, 0.5) is 0 Å². The van der Waals surface area contributed by atoms with Crippen molar-refractivity contribution < 1.29 is 23.7 Å². The van der Waals surface area contributed by atoms with Crippen LogP contribution in [0.25, 0.3) is 0 Å². The average Bonchev–Trinajstić information content (AvgIpc) is 3.45. The quantitative estimate of drug-likeness (QED) is 0.294. The molecule has 190 valence electrons. The SMILES string of the molecule is COc1cc(OC)cc(OCc2c(O[C@@H](Cc3ncc[nH]3)c3ccccc3)ccc3c2CCCC3=O)c1. The number of aromatic nitrogens is 2. The van der Waals surface area contributed by atoms with Crippen molar-refractivity contribution >= 4 is 5.78 Å². The molecule has 5 rings (SSSR count). The van der Waals surface area contributed by atoms with E-state index in [1.165, 1.54) is 0 Å². The molecule has 0 bridgehead atoms. The average molecular weight is 499 g/mol. The lowest BCUT2D eigenvalue weighted by Crippen LogP contribution is -2.18. The first-order valence-corrected chi connectivity index (χ1v) is 12.4. The zero-order chi connectivity index (χ0) is 25.6. The van der Waals surface area contributed by atoms with Gasteiger partial charge in [0.25, 0.3) is 0 Å². The molecule has 0 saturated heterocycles. The fraction of sp³-hybridized carbons (Fsp3) is 0.267.